The van der Waals surface area contributed by atoms with Crippen LogP contribution in [0.25, 0.3) is 0 Å². The van der Waals surface area contributed by atoms with Gasteiger partial charge in [-0.2, -0.15) is 0 Å². The second-order valence-electron chi connectivity index (χ2n) is 7.73. The van der Waals surface area contributed by atoms with E-state index in [1.807, 2.05) is 13.8 Å². The van der Waals surface area contributed by atoms with Crippen LogP contribution in [-0.2, 0) is 19.6 Å². The third kappa shape index (κ3) is 6.62. The predicted octanol–water partition coefficient (Wildman–Crippen LogP) is 2.45. The first kappa shape index (κ1) is 21.4. The van der Waals surface area contributed by atoms with Gasteiger partial charge in [0.05, 0.1) is 4.90 Å². The Bertz CT molecular complexity index is 789. The largest absolute Gasteiger partial charge is 0.508 e. The van der Waals surface area contributed by atoms with Crippen LogP contribution >= 0.6 is 0 Å². The van der Waals surface area contributed by atoms with E-state index in [-0.39, 0.29) is 28.4 Å². The fourth-order valence-electron chi connectivity index (χ4n) is 3.27. The Morgan fingerprint density at radius 2 is 1.96 bits per heavy atom. The van der Waals surface area contributed by atoms with Crippen LogP contribution in [0.2, 0.25) is 0 Å². The normalized spacial score (nSPS) is 18.4. The van der Waals surface area contributed by atoms with E-state index in [9.17, 15) is 23.1 Å². The summed E-state index contributed by atoms with van der Waals surface area (Å²) >= 11 is 0. The molecule has 7 nitrogen and oxygen atoms in total. The molecule has 0 spiro atoms. The Morgan fingerprint density at radius 1 is 1.22 bits per heavy atom. The van der Waals surface area contributed by atoms with Crippen LogP contribution in [0.1, 0.15) is 58.8 Å². The van der Waals surface area contributed by atoms with E-state index in [2.05, 4.69) is 10.0 Å². The van der Waals surface area contributed by atoms with Gasteiger partial charge in [0, 0.05) is 17.9 Å². The summed E-state index contributed by atoms with van der Waals surface area (Å²) in [5.74, 6) is -0.563. The molecule has 0 saturated carbocycles. The van der Waals surface area contributed by atoms with Gasteiger partial charge in [0.2, 0.25) is 21.8 Å². The molecule has 0 bridgehead atoms. The Kier molecular flexibility index (Phi) is 7.00. The van der Waals surface area contributed by atoms with Gasteiger partial charge >= 0.3 is 0 Å². The topological polar surface area (TPSA) is 113 Å². The summed E-state index contributed by atoms with van der Waals surface area (Å²) < 4.78 is 27.6. The molecule has 0 radical (unpaired) electrons. The van der Waals surface area contributed by atoms with Crippen molar-refractivity contribution >= 4 is 21.8 Å². The minimum absolute atomic E-state index is 0.0356. The van der Waals surface area contributed by atoms with Gasteiger partial charge in [-0.3, -0.25) is 14.9 Å². The zero-order valence-electron chi connectivity index (χ0n) is 15.8. The first-order valence-corrected chi connectivity index (χ1v) is 10.7. The van der Waals surface area contributed by atoms with Crippen molar-refractivity contribution in [1.82, 2.24) is 10.0 Å². The summed E-state index contributed by atoms with van der Waals surface area (Å²) in [5.41, 5.74) is -0.626. The van der Waals surface area contributed by atoms with E-state index in [1.54, 1.807) is 0 Å². The summed E-state index contributed by atoms with van der Waals surface area (Å²) in [6.07, 6.45) is 4.98. The van der Waals surface area contributed by atoms with Crippen LogP contribution in [0.4, 0.5) is 0 Å². The number of hydrogen-bond donors (Lipinski definition) is 3. The maximum Gasteiger partial charge on any atom is 0.241 e. The highest BCUT2D eigenvalue weighted by Gasteiger charge is 2.27. The van der Waals surface area contributed by atoms with Crippen molar-refractivity contribution in [2.45, 2.75) is 69.2 Å². The SMILES string of the molecule is CC(C)(CCCCCC1CCC(=O)NC1=O)NS(=O)(=O)c1cccc(O)c1. The third-order valence-electron chi connectivity index (χ3n) is 4.75. The lowest BCUT2D eigenvalue weighted by atomic mass is 9.91. The van der Waals surface area contributed by atoms with Gasteiger partial charge in [-0.05, 0) is 51.3 Å². The molecule has 3 N–H and O–H groups in total. The first-order chi connectivity index (χ1) is 12.6. The minimum atomic E-state index is -3.71. The molecule has 0 aromatic heterocycles. The number of unbranched alkanes of at least 4 members (excludes halogenated alkanes) is 2. The molecule has 1 fully saturated rings. The highest BCUT2D eigenvalue weighted by atomic mass is 32.2. The van der Waals surface area contributed by atoms with E-state index in [1.165, 1.54) is 24.3 Å². The number of phenols is 1. The van der Waals surface area contributed by atoms with Gasteiger partial charge < -0.3 is 5.11 Å². The van der Waals surface area contributed by atoms with Crippen molar-refractivity contribution < 1.29 is 23.1 Å². The van der Waals surface area contributed by atoms with E-state index in [0.29, 0.717) is 19.3 Å². The summed E-state index contributed by atoms with van der Waals surface area (Å²) in [5, 5.41) is 11.8. The Morgan fingerprint density at radius 3 is 2.63 bits per heavy atom. The molecule has 150 valence electrons. The first-order valence-electron chi connectivity index (χ1n) is 9.26. The van der Waals surface area contributed by atoms with E-state index in [0.717, 1.165) is 25.7 Å². The number of nitrogens with one attached hydrogen (secondary N) is 2. The number of rotatable bonds is 9. The van der Waals surface area contributed by atoms with E-state index in [4.69, 9.17) is 0 Å². The van der Waals surface area contributed by atoms with Crippen LogP contribution < -0.4 is 10.0 Å². The molecular formula is C19H28N2O5S. The van der Waals surface area contributed by atoms with Crippen molar-refractivity contribution in [3.05, 3.63) is 24.3 Å². The van der Waals surface area contributed by atoms with Gasteiger partial charge in [0.1, 0.15) is 5.75 Å². The second-order valence-corrected chi connectivity index (χ2v) is 9.42. The van der Waals surface area contributed by atoms with Crippen molar-refractivity contribution in [3.8, 4) is 5.75 Å². The summed E-state index contributed by atoms with van der Waals surface area (Å²) in [6.45, 7) is 3.65. The molecule has 2 amide bonds. The number of hydrogen-bond acceptors (Lipinski definition) is 5. The fraction of sp³-hybridized carbons (Fsp3) is 0.579. The lowest BCUT2D eigenvalue weighted by molar-refractivity contribution is -0.136. The van der Waals surface area contributed by atoms with Crippen molar-refractivity contribution in [2.75, 3.05) is 0 Å². The molecule has 0 aliphatic carbocycles. The smallest absolute Gasteiger partial charge is 0.241 e. The van der Waals surface area contributed by atoms with Gasteiger partial charge in [0.25, 0.3) is 0 Å². The Balaban J connectivity index is 1.76. The number of sulfonamides is 1. The average Bonchev–Trinajstić information content (AvgIpc) is 2.55. The lowest BCUT2D eigenvalue weighted by Crippen LogP contribution is -2.43. The summed E-state index contributed by atoms with van der Waals surface area (Å²) in [6, 6.07) is 5.58. The third-order valence-corrected chi connectivity index (χ3v) is 6.44. The molecule has 2 rings (SSSR count). The zero-order chi connectivity index (χ0) is 20.1. The standard InChI is InChI=1S/C19H28N2O5S/c1-19(2,21-27(25,26)16-9-6-8-15(22)13-16)12-5-3-4-7-14-10-11-17(23)20-18(14)24/h6,8-9,13-14,21-22H,3-5,7,10-12H2,1-2H3,(H,20,23,24). The van der Waals surface area contributed by atoms with Crippen LogP contribution in [0.15, 0.2) is 29.2 Å². The molecule has 1 unspecified atom stereocenters. The number of benzene rings is 1. The monoisotopic (exact) mass is 396 g/mol. The molecule has 1 heterocycles. The summed E-state index contributed by atoms with van der Waals surface area (Å²) in [4.78, 5) is 22.9. The Labute approximate surface area is 160 Å². The van der Waals surface area contributed by atoms with E-state index < -0.39 is 15.6 Å². The van der Waals surface area contributed by atoms with Crippen molar-refractivity contribution in [1.29, 1.82) is 0 Å². The molecule has 1 atom stereocenters. The molecule has 1 aliphatic rings. The second kappa shape index (κ2) is 8.84. The maximum absolute atomic E-state index is 12.5. The van der Waals surface area contributed by atoms with E-state index >= 15 is 0 Å². The predicted molar refractivity (Wildman–Crippen MR) is 101 cm³/mol. The van der Waals surface area contributed by atoms with Crippen LogP contribution in [0.5, 0.6) is 5.75 Å². The average molecular weight is 397 g/mol. The summed E-state index contributed by atoms with van der Waals surface area (Å²) in [7, 11) is -3.71. The number of aromatic hydroxyl groups is 1. The van der Waals surface area contributed by atoms with Crippen molar-refractivity contribution in [2.24, 2.45) is 5.92 Å². The van der Waals surface area contributed by atoms with Crippen LogP contribution in [0.3, 0.4) is 0 Å². The molecule has 1 aromatic rings. The molecule has 1 aliphatic heterocycles. The van der Waals surface area contributed by atoms with Gasteiger partial charge in [0.15, 0.2) is 0 Å². The number of piperidine rings is 1. The van der Waals surface area contributed by atoms with Gasteiger partial charge in [-0.15, -0.1) is 0 Å². The number of phenolic OH excluding ortho intramolecular Hbond substituents is 1. The quantitative estimate of drug-likeness (QED) is 0.438. The van der Waals surface area contributed by atoms with Crippen LogP contribution in [0, 0.1) is 5.92 Å². The number of carbonyl (C=O) groups is 2. The number of amides is 2. The van der Waals surface area contributed by atoms with Gasteiger partial charge in [-0.1, -0.05) is 25.3 Å². The molecule has 8 heteroatoms. The molecule has 1 saturated heterocycles. The number of carbonyl (C=O) groups excluding carboxylic acids is 2. The molecule has 27 heavy (non-hydrogen) atoms. The number of imide groups is 1. The van der Waals surface area contributed by atoms with Crippen LogP contribution in [-0.4, -0.2) is 30.9 Å². The van der Waals surface area contributed by atoms with Gasteiger partial charge in [-0.25, -0.2) is 13.1 Å². The highest BCUT2D eigenvalue weighted by molar-refractivity contribution is 7.89. The maximum atomic E-state index is 12.5. The lowest BCUT2D eigenvalue weighted by Gasteiger charge is -2.26. The van der Waals surface area contributed by atoms with Crippen molar-refractivity contribution in [3.63, 3.8) is 0 Å². The fourth-order valence-corrected chi connectivity index (χ4v) is 4.75. The molecular weight excluding hydrogens is 368 g/mol. The minimum Gasteiger partial charge on any atom is -0.508 e. The molecule has 1 aromatic carbocycles. The highest BCUT2D eigenvalue weighted by Crippen LogP contribution is 2.23. The Hall–Kier alpha value is -1.93. The zero-order valence-corrected chi connectivity index (χ0v) is 16.6.